The number of fused-ring (bicyclic) bond motifs is 1. The lowest BCUT2D eigenvalue weighted by Gasteiger charge is -2.23. The topological polar surface area (TPSA) is 67.7 Å². The zero-order valence-corrected chi connectivity index (χ0v) is 10.5. The number of hydrogen-bond acceptors (Lipinski definition) is 4. The zero-order valence-electron chi connectivity index (χ0n) is 10.5. The maximum Gasteiger partial charge on any atom is 0.255 e. The monoisotopic (exact) mass is 260 g/mol. The number of carbonyl (C=O) groups is 1. The molecule has 2 aromatic rings. The van der Waals surface area contributed by atoms with Crippen LogP contribution in [0.15, 0.2) is 30.6 Å². The number of morpholine rings is 1. The van der Waals surface area contributed by atoms with E-state index in [4.69, 9.17) is 4.74 Å². The van der Waals surface area contributed by atoms with Gasteiger partial charge in [-0.05, 0) is 12.1 Å². The van der Waals surface area contributed by atoms with Crippen LogP contribution in [0, 0.1) is 0 Å². The summed E-state index contributed by atoms with van der Waals surface area (Å²) in [6.45, 7) is 2.76. The Bertz CT molecular complexity index is 575. The normalized spacial score (nSPS) is 19.5. The lowest BCUT2D eigenvalue weighted by Crippen LogP contribution is -2.48. The van der Waals surface area contributed by atoms with Crippen molar-refractivity contribution in [2.45, 2.75) is 6.04 Å². The highest BCUT2D eigenvalue weighted by Gasteiger charge is 2.16. The lowest BCUT2D eigenvalue weighted by atomic mass is 10.2. The Balaban J connectivity index is 1.66. The largest absolute Gasteiger partial charge is 0.378 e. The van der Waals surface area contributed by atoms with Crippen molar-refractivity contribution in [3.05, 3.63) is 36.2 Å². The van der Waals surface area contributed by atoms with Crippen LogP contribution in [0.25, 0.3) is 5.52 Å². The summed E-state index contributed by atoms with van der Waals surface area (Å²) in [7, 11) is 0. The molecule has 1 aliphatic heterocycles. The summed E-state index contributed by atoms with van der Waals surface area (Å²) in [5.74, 6) is -0.103. The van der Waals surface area contributed by atoms with Gasteiger partial charge in [0, 0.05) is 25.3 Å². The Labute approximate surface area is 110 Å². The van der Waals surface area contributed by atoms with Crippen molar-refractivity contribution in [2.75, 3.05) is 26.3 Å². The van der Waals surface area contributed by atoms with Gasteiger partial charge in [-0.25, -0.2) is 4.52 Å². The Morgan fingerprint density at radius 2 is 2.53 bits per heavy atom. The van der Waals surface area contributed by atoms with Gasteiger partial charge in [-0.3, -0.25) is 4.79 Å². The molecule has 1 aliphatic rings. The number of carbonyl (C=O) groups excluding carboxylic acids is 1. The Morgan fingerprint density at radius 3 is 3.37 bits per heavy atom. The molecule has 6 nitrogen and oxygen atoms in total. The predicted octanol–water partition coefficient (Wildman–Crippen LogP) is 0.0525. The third kappa shape index (κ3) is 2.59. The van der Waals surface area contributed by atoms with Crippen LogP contribution in [0.2, 0.25) is 0 Å². The minimum atomic E-state index is -0.103. The number of nitrogens with zero attached hydrogens (tertiary/aromatic N) is 2. The predicted molar refractivity (Wildman–Crippen MR) is 70.1 cm³/mol. The summed E-state index contributed by atoms with van der Waals surface area (Å²) in [5, 5.41) is 10.4. The van der Waals surface area contributed by atoms with E-state index in [0.717, 1.165) is 18.7 Å². The number of aromatic nitrogens is 2. The molecular formula is C13H16N4O2. The molecule has 0 spiro atoms. The molecule has 1 saturated heterocycles. The first-order valence-corrected chi connectivity index (χ1v) is 6.36. The van der Waals surface area contributed by atoms with Gasteiger partial charge in [0.25, 0.3) is 5.91 Å². The van der Waals surface area contributed by atoms with E-state index in [2.05, 4.69) is 15.7 Å². The summed E-state index contributed by atoms with van der Waals surface area (Å²) in [6, 6.07) is 5.83. The standard InChI is InChI=1S/C13H16N4O2/c18-13(15-7-10-9-19-6-4-14-10)11-8-16-17-5-2-1-3-12(11)17/h1-3,5,8,10,14H,4,6-7,9H2,(H,15,18). The fourth-order valence-electron chi connectivity index (χ4n) is 2.17. The number of nitrogens with one attached hydrogen (secondary N) is 2. The molecule has 100 valence electrons. The Morgan fingerprint density at radius 1 is 1.58 bits per heavy atom. The van der Waals surface area contributed by atoms with Crippen molar-refractivity contribution in [2.24, 2.45) is 0 Å². The summed E-state index contributed by atoms with van der Waals surface area (Å²) in [6.07, 6.45) is 3.41. The highest BCUT2D eigenvalue weighted by atomic mass is 16.5. The van der Waals surface area contributed by atoms with Gasteiger partial charge in [0.1, 0.15) is 0 Å². The fourth-order valence-corrected chi connectivity index (χ4v) is 2.17. The minimum absolute atomic E-state index is 0.103. The molecule has 0 aliphatic carbocycles. The van der Waals surface area contributed by atoms with Crippen LogP contribution in [-0.2, 0) is 4.74 Å². The Kier molecular flexibility index (Phi) is 3.43. The summed E-state index contributed by atoms with van der Waals surface area (Å²) in [4.78, 5) is 12.1. The first-order chi connectivity index (χ1) is 9.34. The average molecular weight is 260 g/mol. The Hall–Kier alpha value is -1.92. The van der Waals surface area contributed by atoms with E-state index in [-0.39, 0.29) is 11.9 Å². The van der Waals surface area contributed by atoms with E-state index >= 15 is 0 Å². The van der Waals surface area contributed by atoms with Gasteiger partial charge in [-0.1, -0.05) is 6.07 Å². The van der Waals surface area contributed by atoms with Crippen LogP contribution in [0.4, 0.5) is 0 Å². The van der Waals surface area contributed by atoms with Crippen molar-refractivity contribution in [3.63, 3.8) is 0 Å². The van der Waals surface area contributed by atoms with E-state index < -0.39 is 0 Å². The highest BCUT2D eigenvalue weighted by Crippen LogP contribution is 2.09. The van der Waals surface area contributed by atoms with Crippen LogP contribution in [0.1, 0.15) is 10.4 Å². The van der Waals surface area contributed by atoms with Gasteiger partial charge in [-0.2, -0.15) is 5.10 Å². The van der Waals surface area contributed by atoms with Crippen LogP contribution >= 0.6 is 0 Å². The second-order valence-corrected chi connectivity index (χ2v) is 4.52. The molecule has 6 heteroatoms. The molecule has 0 aromatic carbocycles. The van der Waals surface area contributed by atoms with Gasteiger partial charge in [-0.15, -0.1) is 0 Å². The SMILES string of the molecule is O=C(NCC1COCCN1)c1cnn2ccccc12. The van der Waals surface area contributed by atoms with Crippen molar-refractivity contribution < 1.29 is 9.53 Å². The molecule has 3 rings (SSSR count). The quantitative estimate of drug-likeness (QED) is 0.818. The summed E-state index contributed by atoms with van der Waals surface area (Å²) in [5.41, 5.74) is 1.41. The van der Waals surface area contributed by atoms with Crippen LogP contribution < -0.4 is 10.6 Å². The van der Waals surface area contributed by atoms with Crippen LogP contribution in [0.5, 0.6) is 0 Å². The zero-order chi connectivity index (χ0) is 13.1. The van der Waals surface area contributed by atoms with E-state index in [1.54, 1.807) is 10.7 Å². The molecule has 2 aromatic heterocycles. The second kappa shape index (κ2) is 5.38. The van der Waals surface area contributed by atoms with Gasteiger partial charge in [0.2, 0.25) is 0 Å². The fraction of sp³-hybridized carbons (Fsp3) is 0.385. The van der Waals surface area contributed by atoms with Crippen molar-refractivity contribution in [1.29, 1.82) is 0 Å². The maximum atomic E-state index is 12.1. The van der Waals surface area contributed by atoms with Crippen LogP contribution in [-0.4, -0.2) is 47.9 Å². The van der Waals surface area contributed by atoms with Crippen molar-refractivity contribution >= 4 is 11.4 Å². The van der Waals surface area contributed by atoms with E-state index in [9.17, 15) is 4.79 Å². The van der Waals surface area contributed by atoms with Gasteiger partial charge < -0.3 is 15.4 Å². The number of ether oxygens (including phenoxy) is 1. The van der Waals surface area contributed by atoms with Gasteiger partial charge in [0.05, 0.1) is 30.5 Å². The third-order valence-corrected chi connectivity index (χ3v) is 3.18. The maximum absolute atomic E-state index is 12.1. The number of hydrogen-bond donors (Lipinski definition) is 2. The second-order valence-electron chi connectivity index (χ2n) is 4.52. The number of amides is 1. The summed E-state index contributed by atoms with van der Waals surface area (Å²) >= 11 is 0. The average Bonchev–Trinajstić information content (AvgIpc) is 2.90. The van der Waals surface area contributed by atoms with Crippen molar-refractivity contribution in [1.82, 2.24) is 20.2 Å². The molecule has 1 fully saturated rings. The molecule has 1 unspecified atom stereocenters. The minimum Gasteiger partial charge on any atom is -0.378 e. The number of pyridine rings is 1. The van der Waals surface area contributed by atoms with E-state index in [0.29, 0.717) is 18.7 Å². The third-order valence-electron chi connectivity index (χ3n) is 3.18. The van der Waals surface area contributed by atoms with Crippen molar-refractivity contribution in [3.8, 4) is 0 Å². The van der Waals surface area contributed by atoms with E-state index in [1.165, 1.54) is 0 Å². The molecule has 1 amide bonds. The lowest BCUT2D eigenvalue weighted by molar-refractivity contribution is 0.0735. The molecule has 2 N–H and O–H groups in total. The summed E-state index contributed by atoms with van der Waals surface area (Å²) < 4.78 is 7.04. The molecule has 0 radical (unpaired) electrons. The van der Waals surface area contributed by atoms with Crippen LogP contribution in [0.3, 0.4) is 0 Å². The highest BCUT2D eigenvalue weighted by molar-refractivity contribution is 6.00. The van der Waals surface area contributed by atoms with Gasteiger partial charge >= 0.3 is 0 Å². The molecular weight excluding hydrogens is 244 g/mol. The van der Waals surface area contributed by atoms with E-state index in [1.807, 2.05) is 24.4 Å². The molecule has 3 heterocycles. The smallest absolute Gasteiger partial charge is 0.255 e. The number of rotatable bonds is 3. The molecule has 0 bridgehead atoms. The first-order valence-electron chi connectivity index (χ1n) is 6.36. The van der Waals surface area contributed by atoms with Gasteiger partial charge in [0.15, 0.2) is 0 Å². The first kappa shape index (κ1) is 12.1. The molecule has 0 saturated carbocycles. The molecule has 19 heavy (non-hydrogen) atoms. The molecule has 1 atom stereocenters.